The second kappa shape index (κ2) is 10.4. The van der Waals surface area contributed by atoms with Crippen LogP contribution in [0.3, 0.4) is 0 Å². The van der Waals surface area contributed by atoms with Gasteiger partial charge in [0.1, 0.15) is 0 Å². The molecule has 124 valence electrons. The van der Waals surface area contributed by atoms with Gasteiger partial charge in [0.25, 0.3) is 5.91 Å². The van der Waals surface area contributed by atoms with Gasteiger partial charge in [0.15, 0.2) is 5.96 Å². The summed E-state index contributed by atoms with van der Waals surface area (Å²) >= 11 is 0. The molecular weight excluding hydrogens is 391 g/mol. The molecule has 0 radical (unpaired) electrons. The van der Waals surface area contributed by atoms with Crippen LogP contribution in [0.4, 0.5) is 0 Å². The number of hydrogen-bond acceptors (Lipinski definition) is 2. The number of hydrogen-bond donors (Lipinski definition) is 2. The molecule has 0 bridgehead atoms. The number of amides is 1. The van der Waals surface area contributed by atoms with Gasteiger partial charge in [-0.1, -0.05) is 26.0 Å². The van der Waals surface area contributed by atoms with Crippen molar-refractivity contribution in [3.63, 3.8) is 0 Å². The van der Waals surface area contributed by atoms with E-state index >= 15 is 0 Å². The zero-order chi connectivity index (χ0) is 15.8. The minimum absolute atomic E-state index is 0. The van der Waals surface area contributed by atoms with Crippen LogP contribution in [-0.4, -0.2) is 37.4 Å². The monoisotopic (exact) mass is 418 g/mol. The minimum Gasteiger partial charge on any atom is -0.370 e. The zero-order valence-electron chi connectivity index (χ0n) is 13.8. The van der Waals surface area contributed by atoms with Gasteiger partial charge in [-0.15, -0.1) is 24.0 Å². The predicted molar refractivity (Wildman–Crippen MR) is 103 cm³/mol. The first-order chi connectivity index (χ1) is 9.90. The maximum Gasteiger partial charge on any atom is 0.253 e. The van der Waals surface area contributed by atoms with E-state index in [-0.39, 0.29) is 29.9 Å². The number of carbonyl (C=O) groups excluding carboxylic acids is 1. The largest absolute Gasteiger partial charge is 0.370 e. The molecule has 0 aromatic heterocycles. The van der Waals surface area contributed by atoms with E-state index in [4.69, 9.17) is 5.73 Å². The van der Waals surface area contributed by atoms with Gasteiger partial charge in [0.2, 0.25) is 0 Å². The maximum atomic E-state index is 11.8. The highest BCUT2D eigenvalue weighted by Crippen LogP contribution is 2.07. The number of benzene rings is 1. The second-order valence-corrected chi connectivity index (χ2v) is 5.71. The number of halogens is 1. The van der Waals surface area contributed by atoms with E-state index in [0.29, 0.717) is 24.0 Å². The molecular formula is C16H27IN4O. The molecule has 0 aliphatic carbocycles. The van der Waals surface area contributed by atoms with Gasteiger partial charge in [-0.2, -0.15) is 0 Å². The van der Waals surface area contributed by atoms with Crippen molar-refractivity contribution in [1.29, 1.82) is 0 Å². The summed E-state index contributed by atoms with van der Waals surface area (Å²) in [6.45, 7) is 5.69. The Kier molecular flexibility index (Phi) is 9.80. The Labute approximate surface area is 150 Å². The summed E-state index contributed by atoms with van der Waals surface area (Å²) in [6, 6.07) is 7.44. The second-order valence-electron chi connectivity index (χ2n) is 5.71. The van der Waals surface area contributed by atoms with Crippen LogP contribution >= 0.6 is 24.0 Å². The van der Waals surface area contributed by atoms with Crippen LogP contribution in [0.25, 0.3) is 0 Å². The maximum absolute atomic E-state index is 11.8. The standard InChI is InChI=1S/C16H26N4O.HI/c1-12(2)9-10-18-16(17)19-11-13-5-7-14(8-6-13)15(21)20(3)4;/h5-8,12H,9-11H2,1-4H3,(H3,17,18,19);1H. The van der Waals surface area contributed by atoms with Crippen molar-refractivity contribution >= 4 is 35.8 Å². The van der Waals surface area contributed by atoms with Gasteiger partial charge in [-0.3, -0.25) is 4.79 Å². The lowest BCUT2D eigenvalue weighted by atomic mass is 10.1. The summed E-state index contributed by atoms with van der Waals surface area (Å²) in [4.78, 5) is 17.6. The van der Waals surface area contributed by atoms with Crippen molar-refractivity contribution in [2.75, 3.05) is 20.6 Å². The molecule has 1 aromatic rings. The highest BCUT2D eigenvalue weighted by molar-refractivity contribution is 14.0. The number of nitrogens with zero attached hydrogens (tertiary/aromatic N) is 2. The van der Waals surface area contributed by atoms with Gasteiger partial charge in [0.05, 0.1) is 6.54 Å². The molecule has 0 spiro atoms. The first-order valence-corrected chi connectivity index (χ1v) is 7.24. The normalized spacial score (nSPS) is 11.0. The fourth-order valence-electron chi connectivity index (χ4n) is 1.73. The van der Waals surface area contributed by atoms with Crippen LogP contribution in [0, 0.1) is 5.92 Å². The van der Waals surface area contributed by atoms with Crippen molar-refractivity contribution < 1.29 is 4.79 Å². The molecule has 0 aliphatic rings. The molecule has 1 amide bonds. The van der Waals surface area contributed by atoms with E-state index in [2.05, 4.69) is 24.2 Å². The minimum atomic E-state index is -0.0000766. The number of nitrogens with one attached hydrogen (secondary N) is 1. The van der Waals surface area contributed by atoms with Crippen LogP contribution in [0.2, 0.25) is 0 Å². The summed E-state index contributed by atoms with van der Waals surface area (Å²) in [6.07, 6.45) is 1.07. The van der Waals surface area contributed by atoms with Crippen molar-refractivity contribution in [3.8, 4) is 0 Å². The van der Waals surface area contributed by atoms with Crippen LogP contribution in [0.15, 0.2) is 29.3 Å². The quantitative estimate of drug-likeness (QED) is 0.424. The Hall–Kier alpha value is -1.31. The lowest BCUT2D eigenvalue weighted by Crippen LogP contribution is -2.32. The third-order valence-electron chi connectivity index (χ3n) is 3.07. The Morgan fingerprint density at radius 2 is 1.86 bits per heavy atom. The average molecular weight is 418 g/mol. The number of rotatable bonds is 6. The first kappa shape index (κ1) is 20.7. The third kappa shape index (κ3) is 7.63. The highest BCUT2D eigenvalue weighted by Gasteiger charge is 2.06. The highest BCUT2D eigenvalue weighted by atomic mass is 127. The number of guanidine groups is 1. The molecule has 0 saturated carbocycles. The SMILES string of the molecule is CC(C)CCNC(N)=NCc1ccc(C(=O)N(C)C)cc1.I. The van der Waals surface area contributed by atoms with E-state index in [9.17, 15) is 4.79 Å². The molecule has 0 saturated heterocycles. The van der Waals surface area contributed by atoms with E-state index in [0.717, 1.165) is 18.5 Å². The van der Waals surface area contributed by atoms with Crippen molar-refractivity contribution in [2.45, 2.75) is 26.8 Å². The summed E-state index contributed by atoms with van der Waals surface area (Å²) in [5, 5.41) is 3.10. The number of aliphatic imine (C=N–C) groups is 1. The number of carbonyl (C=O) groups is 1. The van der Waals surface area contributed by atoms with Gasteiger partial charge in [-0.05, 0) is 30.0 Å². The molecule has 22 heavy (non-hydrogen) atoms. The topological polar surface area (TPSA) is 70.7 Å². The Morgan fingerprint density at radius 1 is 1.27 bits per heavy atom. The van der Waals surface area contributed by atoms with Crippen LogP contribution in [0.5, 0.6) is 0 Å². The van der Waals surface area contributed by atoms with Crippen LogP contribution < -0.4 is 11.1 Å². The Balaban J connectivity index is 0.00000441. The molecule has 5 nitrogen and oxygen atoms in total. The Morgan fingerprint density at radius 3 is 2.36 bits per heavy atom. The van der Waals surface area contributed by atoms with Crippen molar-refractivity contribution in [1.82, 2.24) is 10.2 Å². The molecule has 6 heteroatoms. The molecule has 1 rings (SSSR count). The van der Waals surface area contributed by atoms with E-state index in [1.807, 2.05) is 24.3 Å². The molecule has 0 heterocycles. The van der Waals surface area contributed by atoms with Gasteiger partial charge >= 0.3 is 0 Å². The van der Waals surface area contributed by atoms with E-state index in [1.54, 1.807) is 19.0 Å². The lowest BCUT2D eigenvalue weighted by Gasteiger charge is -2.10. The van der Waals surface area contributed by atoms with Crippen molar-refractivity contribution in [2.24, 2.45) is 16.6 Å². The molecule has 0 aliphatic heterocycles. The van der Waals surface area contributed by atoms with E-state index < -0.39 is 0 Å². The summed E-state index contributed by atoms with van der Waals surface area (Å²) < 4.78 is 0. The molecule has 0 fully saturated rings. The summed E-state index contributed by atoms with van der Waals surface area (Å²) in [5.41, 5.74) is 7.51. The smallest absolute Gasteiger partial charge is 0.253 e. The summed E-state index contributed by atoms with van der Waals surface area (Å²) in [5.74, 6) is 1.11. The molecule has 3 N–H and O–H groups in total. The fraction of sp³-hybridized carbons (Fsp3) is 0.500. The van der Waals surface area contributed by atoms with Gasteiger partial charge in [-0.25, -0.2) is 4.99 Å². The lowest BCUT2D eigenvalue weighted by molar-refractivity contribution is 0.0827. The third-order valence-corrected chi connectivity index (χ3v) is 3.07. The summed E-state index contributed by atoms with van der Waals surface area (Å²) in [7, 11) is 3.48. The Bertz CT molecular complexity index is 483. The van der Waals surface area contributed by atoms with Crippen molar-refractivity contribution in [3.05, 3.63) is 35.4 Å². The molecule has 1 aromatic carbocycles. The van der Waals surface area contributed by atoms with Crippen LogP contribution in [-0.2, 0) is 6.54 Å². The van der Waals surface area contributed by atoms with Gasteiger partial charge < -0.3 is 16.0 Å². The average Bonchev–Trinajstić information content (AvgIpc) is 2.44. The van der Waals surface area contributed by atoms with Gasteiger partial charge in [0, 0.05) is 26.2 Å². The predicted octanol–water partition coefficient (Wildman–Crippen LogP) is 2.46. The fourth-order valence-corrected chi connectivity index (χ4v) is 1.73. The van der Waals surface area contributed by atoms with E-state index in [1.165, 1.54) is 0 Å². The zero-order valence-corrected chi connectivity index (χ0v) is 16.1. The van der Waals surface area contributed by atoms with Crippen LogP contribution in [0.1, 0.15) is 36.2 Å². The number of nitrogens with two attached hydrogens (primary N) is 1. The first-order valence-electron chi connectivity index (χ1n) is 7.24. The molecule has 0 unspecified atom stereocenters. The molecule has 0 atom stereocenters.